The first-order valence-electron chi connectivity index (χ1n) is 5.47. The van der Waals surface area contributed by atoms with Crippen molar-refractivity contribution >= 4 is 11.4 Å². The highest BCUT2D eigenvalue weighted by atomic mass is 19.1. The van der Waals surface area contributed by atoms with E-state index in [0.29, 0.717) is 6.54 Å². The normalized spacial score (nSPS) is 10.2. The van der Waals surface area contributed by atoms with Gasteiger partial charge in [0.05, 0.1) is 5.69 Å². The number of nitrogen functional groups attached to an aromatic ring is 1. The van der Waals surface area contributed by atoms with E-state index in [2.05, 4.69) is 0 Å². The van der Waals surface area contributed by atoms with Crippen LogP contribution in [0.25, 0.3) is 0 Å². The summed E-state index contributed by atoms with van der Waals surface area (Å²) in [6.07, 6.45) is 0. The van der Waals surface area contributed by atoms with E-state index in [1.165, 1.54) is 6.07 Å². The lowest BCUT2D eigenvalue weighted by atomic mass is 10.1. The molecule has 2 rings (SSSR count). The first-order chi connectivity index (χ1) is 8.18. The van der Waals surface area contributed by atoms with E-state index in [4.69, 9.17) is 5.73 Å². The van der Waals surface area contributed by atoms with Crippen molar-refractivity contribution in [2.24, 2.45) is 0 Å². The van der Waals surface area contributed by atoms with Crippen molar-refractivity contribution in [2.75, 3.05) is 17.7 Å². The van der Waals surface area contributed by atoms with Gasteiger partial charge in [-0.1, -0.05) is 30.3 Å². The fraction of sp³-hybridized carbons (Fsp3) is 0.143. The maximum atomic E-state index is 13.3. The van der Waals surface area contributed by atoms with Gasteiger partial charge in [0.15, 0.2) is 0 Å². The first-order valence-corrected chi connectivity index (χ1v) is 5.47. The molecule has 0 amide bonds. The maximum Gasteiger partial charge on any atom is 0.146 e. The predicted octanol–water partition coefficient (Wildman–Crippen LogP) is 3.04. The molecule has 0 atom stereocenters. The zero-order valence-electron chi connectivity index (χ0n) is 9.73. The number of para-hydroxylation sites is 2. The Kier molecular flexibility index (Phi) is 3.28. The molecule has 0 aliphatic rings. The fourth-order valence-corrected chi connectivity index (χ4v) is 1.75. The van der Waals surface area contributed by atoms with Gasteiger partial charge in [-0.15, -0.1) is 0 Å². The highest BCUT2D eigenvalue weighted by molar-refractivity contribution is 5.52. The molecule has 0 fully saturated rings. The van der Waals surface area contributed by atoms with E-state index < -0.39 is 0 Å². The molecule has 0 spiro atoms. The van der Waals surface area contributed by atoms with E-state index in [1.807, 2.05) is 48.3 Å². The molecule has 2 nitrogen and oxygen atoms in total. The number of nitrogens with two attached hydrogens (primary N) is 1. The van der Waals surface area contributed by atoms with E-state index in [9.17, 15) is 4.39 Å². The monoisotopic (exact) mass is 230 g/mol. The molecule has 0 saturated heterocycles. The molecule has 0 aromatic heterocycles. The Morgan fingerprint density at radius 1 is 1.06 bits per heavy atom. The summed E-state index contributed by atoms with van der Waals surface area (Å²) in [5, 5.41) is 0. The molecule has 0 aliphatic heterocycles. The zero-order valence-corrected chi connectivity index (χ0v) is 9.73. The largest absolute Gasteiger partial charge is 0.396 e. The molecule has 0 unspecified atom stereocenters. The summed E-state index contributed by atoms with van der Waals surface area (Å²) >= 11 is 0. The van der Waals surface area contributed by atoms with Crippen LogP contribution in [-0.4, -0.2) is 7.05 Å². The van der Waals surface area contributed by atoms with Gasteiger partial charge in [0.2, 0.25) is 0 Å². The predicted molar refractivity (Wildman–Crippen MR) is 69.4 cm³/mol. The van der Waals surface area contributed by atoms with Crippen LogP contribution in [0.3, 0.4) is 0 Å². The molecule has 0 radical (unpaired) electrons. The number of anilines is 2. The molecule has 0 saturated carbocycles. The van der Waals surface area contributed by atoms with Gasteiger partial charge in [-0.25, -0.2) is 4.39 Å². The van der Waals surface area contributed by atoms with Crippen LogP contribution in [0, 0.1) is 5.82 Å². The topological polar surface area (TPSA) is 29.3 Å². The Bertz CT molecular complexity index is 497. The summed E-state index contributed by atoms with van der Waals surface area (Å²) in [5.41, 5.74) is 7.82. The molecule has 2 N–H and O–H groups in total. The Morgan fingerprint density at radius 2 is 1.76 bits per heavy atom. The number of nitrogens with zero attached hydrogens (tertiary/aromatic N) is 1. The SMILES string of the molecule is CN(Cc1cccc(F)c1N)c1ccccc1. The highest BCUT2D eigenvalue weighted by Crippen LogP contribution is 2.20. The van der Waals surface area contributed by atoms with E-state index in [-0.39, 0.29) is 11.5 Å². The van der Waals surface area contributed by atoms with Gasteiger partial charge in [0.25, 0.3) is 0 Å². The van der Waals surface area contributed by atoms with Crippen molar-refractivity contribution in [2.45, 2.75) is 6.54 Å². The van der Waals surface area contributed by atoms with Gasteiger partial charge >= 0.3 is 0 Å². The summed E-state index contributed by atoms with van der Waals surface area (Å²) in [6.45, 7) is 0.591. The third-order valence-corrected chi connectivity index (χ3v) is 2.75. The minimum Gasteiger partial charge on any atom is -0.396 e. The number of rotatable bonds is 3. The van der Waals surface area contributed by atoms with Crippen LogP contribution in [0.4, 0.5) is 15.8 Å². The Hall–Kier alpha value is -2.03. The van der Waals surface area contributed by atoms with Crippen LogP contribution in [0.2, 0.25) is 0 Å². The van der Waals surface area contributed by atoms with Gasteiger partial charge < -0.3 is 10.6 Å². The molecule has 2 aromatic carbocycles. The van der Waals surface area contributed by atoms with Crippen molar-refractivity contribution in [3.05, 3.63) is 59.9 Å². The van der Waals surface area contributed by atoms with Crippen LogP contribution < -0.4 is 10.6 Å². The second-order valence-corrected chi connectivity index (χ2v) is 4.00. The van der Waals surface area contributed by atoms with Crippen LogP contribution in [0.15, 0.2) is 48.5 Å². The molecule has 17 heavy (non-hydrogen) atoms. The van der Waals surface area contributed by atoms with Crippen LogP contribution in [0.5, 0.6) is 0 Å². The van der Waals surface area contributed by atoms with Crippen LogP contribution in [-0.2, 0) is 6.54 Å². The number of hydrogen-bond donors (Lipinski definition) is 1. The Morgan fingerprint density at radius 3 is 2.47 bits per heavy atom. The summed E-state index contributed by atoms with van der Waals surface area (Å²) < 4.78 is 13.3. The molecule has 2 aromatic rings. The van der Waals surface area contributed by atoms with Crippen LogP contribution in [0.1, 0.15) is 5.56 Å². The maximum absolute atomic E-state index is 13.3. The van der Waals surface area contributed by atoms with Gasteiger partial charge in [0.1, 0.15) is 5.82 Å². The molecule has 88 valence electrons. The lowest BCUT2D eigenvalue weighted by Gasteiger charge is -2.20. The molecule has 3 heteroatoms. The quantitative estimate of drug-likeness (QED) is 0.821. The van der Waals surface area contributed by atoms with E-state index in [0.717, 1.165) is 11.3 Å². The summed E-state index contributed by atoms with van der Waals surface area (Å²) in [5.74, 6) is -0.357. The van der Waals surface area contributed by atoms with Crippen molar-refractivity contribution in [1.82, 2.24) is 0 Å². The zero-order chi connectivity index (χ0) is 12.3. The average molecular weight is 230 g/mol. The number of benzene rings is 2. The minimum atomic E-state index is -0.357. The standard InChI is InChI=1S/C14H15FN2/c1-17(12-7-3-2-4-8-12)10-11-6-5-9-13(15)14(11)16/h2-9H,10,16H2,1H3. The molecular formula is C14H15FN2. The van der Waals surface area contributed by atoms with Gasteiger partial charge in [0, 0.05) is 19.3 Å². The van der Waals surface area contributed by atoms with E-state index in [1.54, 1.807) is 6.07 Å². The van der Waals surface area contributed by atoms with Crippen LogP contribution >= 0.6 is 0 Å². The van der Waals surface area contributed by atoms with Gasteiger partial charge in [-0.2, -0.15) is 0 Å². The number of hydrogen-bond acceptors (Lipinski definition) is 2. The third-order valence-electron chi connectivity index (χ3n) is 2.75. The molecule has 0 bridgehead atoms. The van der Waals surface area contributed by atoms with Gasteiger partial charge in [-0.3, -0.25) is 0 Å². The number of halogens is 1. The van der Waals surface area contributed by atoms with Crippen molar-refractivity contribution in [1.29, 1.82) is 0 Å². The average Bonchev–Trinajstić information content (AvgIpc) is 2.36. The fourth-order valence-electron chi connectivity index (χ4n) is 1.75. The lowest BCUT2D eigenvalue weighted by Crippen LogP contribution is -2.17. The van der Waals surface area contributed by atoms with Crippen molar-refractivity contribution in [3.8, 4) is 0 Å². The summed E-state index contributed by atoms with van der Waals surface area (Å²) in [7, 11) is 1.96. The lowest BCUT2D eigenvalue weighted by molar-refractivity contribution is 0.630. The Labute approximate surface area is 100 Å². The molecule has 0 aliphatic carbocycles. The second-order valence-electron chi connectivity index (χ2n) is 4.00. The van der Waals surface area contributed by atoms with Crippen molar-refractivity contribution < 1.29 is 4.39 Å². The molecule has 0 heterocycles. The van der Waals surface area contributed by atoms with Gasteiger partial charge in [-0.05, 0) is 23.8 Å². The Balaban J connectivity index is 2.19. The summed E-state index contributed by atoms with van der Waals surface area (Å²) in [6, 6.07) is 14.8. The van der Waals surface area contributed by atoms with Crippen molar-refractivity contribution in [3.63, 3.8) is 0 Å². The third kappa shape index (κ3) is 2.56. The minimum absolute atomic E-state index is 0.232. The first kappa shape index (κ1) is 11.5. The smallest absolute Gasteiger partial charge is 0.146 e. The highest BCUT2D eigenvalue weighted by Gasteiger charge is 2.07. The summed E-state index contributed by atoms with van der Waals surface area (Å²) in [4.78, 5) is 2.03. The van der Waals surface area contributed by atoms with E-state index >= 15 is 0 Å². The molecular weight excluding hydrogens is 215 g/mol. The second kappa shape index (κ2) is 4.87.